The first-order valence-electron chi connectivity index (χ1n) is 6.34. The molecule has 2 rings (SSSR count). The van der Waals surface area contributed by atoms with Crippen molar-refractivity contribution >= 4 is 5.69 Å². The number of aromatic nitrogens is 1. The molecule has 0 spiro atoms. The minimum absolute atomic E-state index is 0.313. The lowest BCUT2D eigenvalue weighted by molar-refractivity contribution is 0.309. The van der Waals surface area contributed by atoms with E-state index >= 15 is 0 Å². The van der Waals surface area contributed by atoms with Crippen molar-refractivity contribution < 1.29 is 9.13 Å². The molecule has 100 valence electrons. The molecule has 1 heterocycles. The van der Waals surface area contributed by atoms with Crippen molar-refractivity contribution in [3.05, 3.63) is 42.5 Å². The second-order valence-electron chi connectivity index (χ2n) is 4.35. The molecule has 0 bridgehead atoms. The molecule has 0 saturated carbocycles. The summed E-state index contributed by atoms with van der Waals surface area (Å²) < 4.78 is 19.0. The molecule has 0 unspecified atom stereocenters. The predicted octanol–water partition coefficient (Wildman–Crippen LogP) is 3.65. The minimum Gasteiger partial charge on any atom is -0.493 e. The van der Waals surface area contributed by atoms with Crippen LogP contribution in [0.2, 0.25) is 0 Å². The molecular formula is C15H17FN2O. The number of hydrogen-bond acceptors (Lipinski definition) is 3. The van der Waals surface area contributed by atoms with Gasteiger partial charge in [0.1, 0.15) is 11.6 Å². The average Bonchev–Trinajstić information content (AvgIpc) is 2.39. The molecule has 0 aliphatic carbocycles. The summed E-state index contributed by atoms with van der Waals surface area (Å²) >= 11 is 0. The molecule has 0 aliphatic rings. The van der Waals surface area contributed by atoms with E-state index in [0.717, 1.165) is 24.0 Å². The Kier molecular flexibility index (Phi) is 4.34. The van der Waals surface area contributed by atoms with Crippen LogP contribution in [0.5, 0.6) is 5.75 Å². The fraction of sp³-hybridized carbons (Fsp3) is 0.267. The highest BCUT2D eigenvalue weighted by Gasteiger charge is 2.08. The second-order valence-corrected chi connectivity index (χ2v) is 4.35. The van der Waals surface area contributed by atoms with E-state index in [2.05, 4.69) is 11.9 Å². The van der Waals surface area contributed by atoms with Crippen LogP contribution in [0.4, 0.5) is 10.1 Å². The molecule has 4 heteroatoms. The molecular weight excluding hydrogens is 243 g/mol. The van der Waals surface area contributed by atoms with Crippen molar-refractivity contribution in [2.45, 2.75) is 19.8 Å². The number of ether oxygens (including phenoxy) is 1. The van der Waals surface area contributed by atoms with Gasteiger partial charge in [0.05, 0.1) is 12.3 Å². The average molecular weight is 260 g/mol. The molecule has 19 heavy (non-hydrogen) atoms. The zero-order valence-corrected chi connectivity index (χ0v) is 10.9. The van der Waals surface area contributed by atoms with Crippen molar-refractivity contribution in [2.75, 3.05) is 12.3 Å². The molecule has 0 saturated heterocycles. The number of benzene rings is 1. The number of nitrogens with zero attached hydrogens (tertiary/aromatic N) is 1. The number of rotatable bonds is 5. The van der Waals surface area contributed by atoms with Crippen LogP contribution in [0.15, 0.2) is 36.7 Å². The van der Waals surface area contributed by atoms with Crippen LogP contribution in [-0.2, 0) is 0 Å². The van der Waals surface area contributed by atoms with Crippen LogP contribution in [0.1, 0.15) is 19.8 Å². The Labute approximate surface area is 112 Å². The minimum atomic E-state index is -0.313. The van der Waals surface area contributed by atoms with Gasteiger partial charge in [-0.25, -0.2) is 4.39 Å². The van der Waals surface area contributed by atoms with Gasteiger partial charge in [0.25, 0.3) is 0 Å². The van der Waals surface area contributed by atoms with Gasteiger partial charge in [-0.1, -0.05) is 13.3 Å². The lowest BCUT2D eigenvalue weighted by atomic mass is 10.1. The number of halogens is 1. The zero-order valence-electron chi connectivity index (χ0n) is 10.9. The highest BCUT2D eigenvalue weighted by Crippen LogP contribution is 2.31. The van der Waals surface area contributed by atoms with E-state index in [1.54, 1.807) is 24.5 Å². The third-order valence-corrected chi connectivity index (χ3v) is 2.77. The summed E-state index contributed by atoms with van der Waals surface area (Å²) in [5.74, 6) is 0.216. The van der Waals surface area contributed by atoms with E-state index in [-0.39, 0.29) is 5.82 Å². The standard InChI is InChI=1S/C15H17FN2O/c1-2-3-6-19-15-8-12(16)4-5-14(15)11-7-13(17)10-18-9-11/h4-5,7-10H,2-3,6,17H2,1H3. The number of anilines is 1. The predicted molar refractivity (Wildman–Crippen MR) is 74.4 cm³/mol. The quantitative estimate of drug-likeness (QED) is 0.835. The summed E-state index contributed by atoms with van der Waals surface area (Å²) in [6.07, 6.45) is 5.23. The van der Waals surface area contributed by atoms with Crippen molar-refractivity contribution in [2.24, 2.45) is 0 Å². The monoisotopic (exact) mass is 260 g/mol. The number of unbranched alkanes of at least 4 members (excludes halogenated alkanes) is 1. The zero-order chi connectivity index (χ0) is 13.7. The first-order valence-corrected chi connectivity index (χ1v) is 6.34. The van der Waals surface area contributed by atoms with Gasteiger partial charge >= 0.3 is 0 Å². The normalized spacial score (nSPS) is 10.4. The van der Waals surface area contributed by atoms with Crippen LogP contribution in [0.3, 0.4) is 0 Å². The summed E-state index contributed by atoms with van der Waals surface area (Å²) in [4.78, 5) is 4.05. The molecule has 2 aromatic rings. The maximum Gasteiger partial charge on any atom is 0.130 e. The lowest BCUT2D eigenvalue weighted by Crippen LogP contribution is -1.99. The number of pyridine rings is 1. The van der Waals surface area contributed by atoms with Gasteiger partial charge < -0.3 is 10.5 Å². The van der Waals surface area contributed by atoms with Gasteiger partial charge in [0.15, 0.2) is 0 Å². The maximum absolute atomic E-state index is 13.3. The van der Waals surface area contributed by atoms with Gasteiger partial charge in [0, 0.05) is 29.6 Å². The summed E-state index contributed by atoms with van der Waals surface area (Å²) in [5, 5.41) is 0. The number of hydrogen-bond donors (Lipinski definition) is 1. The molecule has 2 N–H and O–H groups in total. The molecule has 0 aliphatic heterocycles. The van der Waals surface area contributed by atoms with Gasteiger partial charge in [-0.2, -0.15) is 0 Å². The summed E-state index contributed by atoms with van der Waals surface area (Å²) in [6, 6.07) is 6.29. The van der Waals surface area contributed by atoms with Crippen molar-refractivity contribution in [3.63, 3.8) is 0 Å². The Balaban J connectivity index is 2.33. The maximum atomic E-state index is 13.3. The molecule has 0 amide bonds. The SMILES string of the molecule is CCCCOc1cc(F)ccc1-c1cncc(N)c1. The van der Waals surface area contributed by atoms with Crippen molar-refractivity contribution in [1.29, 1.82) is 0 Å². The second kappa shape index (κ2) is 6.18. The Morgan fingerprint density at radius 1 is 1.26 bits per heavy atom. The highest BCUT2D eigenvalue weighted by molar-refractivity contribution is 5.71. The van der Waals surface area contributed by atoms with E-state index < -0.39 is 0 Å². The van der Waals surface area contributed by atoms with E-state index in [1.165, 1.54) is 12.1 Å². The molecule has 1 aromatic heterocycles. The van der Waals surface area contributed by atoms with Gasteiger partial charge in [-0.15, -0.1) is 0 Å². The Hall–Kier alpha value is -2.10. The van der Waals surface area contributed by atoms with Crippen molar-refractivity contribution in [3.8, 4) is 16.9 Å². The topological polar surface area (TPSA) is 48.1 Å². The summed E-state index contributed by atoms with van der Waals surface area (Å²) in [6.45, 7) is 2.65. The first kappa shape index (κ1) is 13.3. The van der Waals surface area contributed by atoms with Crippen molar-refractivity contribution in [1.82, 2.24) is 4.98 Å². The molecule has 0 radical (unpaired) electrons. The number of nitrogen functional groups attached to an aromatic ring is 1. The summed E-state index contributed by atoms with van der Waals surface area (Å²) in [7, 11) is 0. The van der Waals surface area contributed by atoms with Crippen LogP contribution in [-0.4, -0.2) is 11.6 Å². The van der Waals surface area contributed by atoms with E-state index in [1.807, 2.05) is 0 Å². The number of nitrogens with two attached hydrogens (primary N) is 1. The van der Waals surface area contributed by atoms with Gasteiger partial charge in [-0.05, 0) is 24.6 Å². The van der Waals surface area contributed by atoms with Crippen LogP contribution >= 0.6 is 0 Å². The first-order chi connectivity index (χ1) is 9.20. The fourth-order valence-electron chi connectivity index (χ4n) is 1.79. The third kappa shape index (κ3) is 3.44. The van der Waals surface area contributed by atoms with Crippen LogP contribution in [0.25, 0.3) is 11.1 Å². The lowest BCUT2D eigenvalue weighted by Gasteiger charge is -2.11. The van der Waals surface area contributed by atoms with E-state index in [0.29, 0.717) is 18.0 Å². The van der Waals surface area contributed by atoms with Crippen LogP contribution in [0, 0.1) is 5.82 Å². The highest BCUT2D eigenvalue weighted by atomic mass is 19.1. The van der Waals surface area contributed by atoms with Gasteiger partial charge in [-0.3, -0.25) is 4.98 Å². The Morgan fingerprint density at radius 2 is 2.11 bits per heavy atom. The smallest absolute Gasteiger partial charge is 0.130 e. The third-order valence-electron chi connectivity index (χ3n) is 2.77. The molecule has 0 fully saturated rings. The van der Waals surface area contributed by atoms with Gasteiger partial charge in [0.2, 0.25) is 0 Å². The molecule has 0 atom stereocenters. The van der Waals surface area contributed by atoms with E-state index in [9.17, 15) is 4.39 Å². The molecule has 1 aromatic carbocycles. The van der Waals surface area contributed by atoms with E-state index in [4.69, 9.17) is 10.5 Å². The Morgan fingerprint density at radius 3 is 2.84 bits per heavy atom. The van der Waals surface area contributed by atoms with Crippen LogP contribution < -0.4 is 10.5 Å². The summed E-state index contributed by atoms with van der Waals surface area (Å²) in [5.41, 5.74) is 7.92. The molecule has 3 nitrogen and oxygen atoms in total. The largest absolute Gasteiger partial charge is 0.493 e. The Bertz CT molecular complexity index is 558. The fourth-order valence-corrected chi connectivity index (χ4v) is 1.79.